The fourth-order valence-electron chi connectivity index (χ4n) is 6.09. The summed E-state index contributed by atoms with van der Waals surface area (Å²) in [6.07, 6.45) is 1.72. The number of aryl methyl sites for hydroxylation is 1. The van der Waals surface area contributed by atoms with Crippen LogP contribution in [0, 0.1) is 5.92 Å². The first-order valence-electron chi connectivity index (χ1n) is 17.5. The van der Waals surface area contributed by atoms with E-state index >= 15 is 0 Å². The molecule has 1 saturated heterocycles. The summed E-state index contributed by atoms with van der Waals surface area (Å²) in [5.41, 5.74) is 8.51. The van der Waals surface area contributed by atoms with Crippen LogP contribution in [-0.2, 0) is 38.0 Å². The summed E-state index contributed by atoms with van der Waals surface area (Å²) in [7, 11) is -1.98. The van der Waals surface area contributed by atoms with Gasteiger partial charge >= 0.3 is 20.7 Å². The highest BCUT2D eigenvalue weighted by atomic mass is 32.2. The molecule has 12 nitrogen and oxygen atoms in total. The van der Waals surface area contributed by atoms with Gasteiger partial charge < -0.3 is 28.8 Å². The Bertz CT molecular complexity index is 1820. The Morgan fingerprint density at radius 3 is 2.58 bits per heavy atom. The van der Waals surface area contributed by atoms with E-state index < -0.39 is 38.4 Å². The topological polar surface area (TPSA) is 147 Å². The number of hydrogen-bond donors (Lipinski definition) is 4. The molecule has 53 heavy (non-hydrogen) atoms. The average molecular weight is 778 g/mol. The van der Waals surface area contributed by atoms with Crippen LogP contribution in [0.25, 0.3) is 11.0 Å². The molecule has 1 aliphatic rings. The first-order valence-corrected chi connectivity index (χ1v) is 19.9. The van der Waals surface area contributed by atoms with Crippen LogP contribution < -0.4 is 25.6 Å². The fourth-order valence-corrected chi connectivity index (χ4v) is 7.67. The SMILES string of the molecule is CCCCC(C)(NP(OCC1CC(C)C(n2ccc3c(NNSC)nc(N)nc32)O1)Oc1ccc(CC)cc1)C(=O)OCc1ccccc1C(F)(F)F. The van der Waals surface area contributed by atoms with Gasteiger partial charge in [0.05, 0.1) is 23.7 Å². The molecule has 4 aromatic rings. The van der Waals surface area contributed by atoms with E-state index in [-0.39, 0.29) is 36.4 Å². The van der Waals surface area contributed by atoms with Gasteiger partial charge in [-0.1, -0.05) is 75.9 Å². The third kappa shape index (κ3) is 10.3. The molecule has 0 spiro atoms. The number of fused-ring (bicyclic) bond motifs is 1. The number of nitrogens with two attached hydrogens (primary N) is 1. The van der Waals surface area contributed by atoms with E-state index in [2.05, 4.69) is 39.2 Å². The Kier molecular flexibility index (Phi) is 13.8. The van der Waals surface area contributed by atoms with Gasteiger partial charge in [-0.3, -0.25) is 10.2 Å². The highest BCUT2D eigenvalue weighted by Crippen LogP contribution is 2.43. The van der Waals surface area contributed by atoms with Gasteiger partial charge in [0.25, 0.3) is 0 Å². The first kappa shape index (κ1) is 40.5. The van der Waals surface area contributed by atoms with Crippen molar-refractivity contribution in [2.24, 2.45) is 5.92 Å². The van der Waals surface area contributed by atoms with Crippen molar-refractivity contribution < 1.29 is 36.5 Å². The second-order valence-electron chi connectivity index (χ2n) is 13.1. The molecule has 2 aromatic carbocycles. The van der Waals surface area contributed by atoms with Crippen LogP contribution in [0.2, 0.25) is 0 Å². The normalized spacial score (nSPS) is 19.2. The summed E-state index contributed by atoms with van der Waals surface area (Å²) in [5.74, 6) is 0.546. The van der Waals surface area contributed by atoms with Gasteiger partial charge in [0, 0.05) is 17.7 Å². The second-order valence-corrected chi connectivity index (χ2v) is 14.9. The molecule has 5 atom stereocenters. The van der Waals surface area contributed by atoms with Crippen LogP contribution in [-0.4, -0.2) is 45.0 Å². The van der Waals surface area contributed by atoms with Gasteiger partial charge in [-0.15, -0.1) is 0 Å². The lowest BCUT2D eigenvalue weighted by Crippen LogP contribution is -2.48. The molecule has 2 aromatic heterocycles. The maximum absolute atomic E-state index is 13.7. The second kappa shape index (κ2) is 18.1. The van der Waals surface area contributed by atoms with Crippen LogP contribution in [0.15, 0.2) is 60.8 Å². The number of hydrazine groups is 1. The molecule has 5 N–H and O–H groups in total. The minimum atomic E-state index is -4.59. The highest BCUT2D eigenvalue weighted by Gasteiger charge is 2.41. The number of alkyl halides is 3. The van der Waals surface area contributed by atoms with E-state index in [1.165, 1.54) is 30.1 Å². The molecule has 288 valence electrons. The monoisotopic (exact) mass is 777 g/mol. The van der Waals surface area contributed by atoms with Gasteiger partial charge in [-0.25, -0.2) is 5.09 Å². The zero-order chi connectivity index (χ0) is 38.2. The van der Waals surface area contributed by atoms with Crippen molar-refractivity contribution in [3.63, 3.8) is 0 Å². The van der Waals surface area contributed by atoms with E-state index in [9.17, 15) is 18.0 Å². The number of nitrogen functional groups attached to an aromatic ring is 1. The van der Waals surface area contributed by atoms with Crippen LogP contribution in [0.3, 0.4) is 0 Å². The smallest absolute Gasteiger partial charge is 0.416 e. The third-order valence-electron chi connectivity index (χ3n) is 8.99. The fraction of sp³-hybridized carbons (Fsp3) is 0.472. The van der Waals surface area contributed by atoms with Crippen LogP contribution in [0.5, 0.6) is 5.75 Å². The maximum Gasteiger partial charge on any atom is 0.416 e. The number of rotatable bonds is 18. The predicted octanol–water partition coefficient (Wildman–Crippen LogP) is 8.32. The van der Waals surface area contributed by atoms with Gasteiger partial charge in [-0.2, -0.15) is 28.0 Å². The van der Waals surface area contributed by atoms with Crippen molar-refractivity contribution in [3.05, 3.63) is 77.5 Å². The molecule has 0 bridgehead atoms. The number of carbonyl (C=O) groups excluding carboxylic acids is 1. The molecule has 17 heteroatoms. The largest absolute Gasteiger partial charge is 0.459 e. The summed E-state index contributed by atoms with van der Waals surface area (Å²) in [6.45, 7) is 7.37. The predicted molar refractivity (Wildman–Crippen MR) is 202 cm³/mol. The van der Waals surface area contributed by atoms with Crippen molar-refractivity contribution in [2.75, 3.05) is 24.0 Å². The van der Waals surface area contributed by atoms with Crippen molar-refractivity contribution in [1.82, 2.24) is 24.5 Å². The summed E-state index contributed by atoms with van der Waals surface area (Å²) in [5, 5.41) is 4.04. The first-order chi connectivity index (χ1) is 25.3. The Hall–Kier alpha value is -3.66. The maximum atomic E-state index is 13.7. The molecule has 5 unspecified atom stereocenters. The Morgan fingerprint density at radius 2 is 1.89 bits per heavy atom. The molecule has 1 fully saturated rings. The third-order valence-corrected chi connectivity index (χ3v) is 10.7. The zero-order valence-corrected chi connectivity index (χ0v) is 32.1. The summed E-state index contributed by atoms with van der Waals surface area (Å²) >= 11 is 1.38. The van der Waals surface area contributed by atoms with Crippen molar-refractivity contribution >= 4 is 49.2 Å². The molecule has 5 rings (SSSR count). The Morgan fingerprint density at radius 1 is 1.13 bits per heavy atom. The lowest BCUT2D eigenvalue weighted by molar-refractivity contribution is -0.153. The van der Waals surface area contributed by atoms with Crippen molar-refractivity contribution in [1.29, 1.82) is 0 Å². The van der Waals surface area contributed by atoms with E-state index in [0.717, 1.165) is 29.9 Å². The lowest BCUT2D eigenvalue weighted by Gasteiger charge is -2.32. The number of ether oxygens (including phenoxy) is 2. The quantitative estimate of drug-likeness (QED) is 0.0334. The lowest BCUT2D eigenvalue weighted by atomic mass is 9.96. The molecule has 0 saturated carbocycles. The summed E-state index contributed by atoms with van der Waals surface area (Å²) in [4.78, 5) is 25.5. The summed E-state index contributed by atoms with van der Waals surface area (Å²) in [6, 6.07) is 14.5. The number of esters is 1. The minimum Gasteiger partial charge on any atom is -0.459 e. The number of anilines is 2. The number of hydrogen-bond acceptors (Lipinski definition) is 12. The average Bonchev–Trinajstić information content (AvgIpc) is 3.73. The Balaban J connectivity index is 1.33. The minimum absolute atomic E-state index is 0.0715. The van der Waals surface area contributed by atoms with E-state index in [1.807, 2.05) is 54.3 Å². The van der Waals surface area contributed by atoms with Crippen LogP contribution in [0.1, 0.15) is 76.3 Å². The van der Waals surface area contributed by atoms with E-state index in [1.54, 1.807) is 6.92 Å². The molecular formula is C36H47F3N7O5PS. The molecule has 0 radical (unpaired) electrons. The van der Waals surface area contributed by atoms with Crippen molar-refractivity contribution in [2.45, 2.75) is 90.5 Å². The standard InChI is InChI=1S/C36H47F3N7O5PS/c1-6-8-18-35(4,33(47)48-21-25-11-9-10-12-29(25)36(37,38)39)44-52(51-26-15-13-24(7-2)14-16-26)49-22-27-20-23(3)32(50-27)46-19-17-28-30(43-45-53-5)41-34(40)42-31(28)46/h9-17,19,23,27,32,44-45H,6-8,18,20-22H2,1-5H3,(H3,40,41,42,43). The highest BCUT2D eigenvalue weighted by molar-refractivity contribution is 7.96. The molecule has 3 heterocycles. The van der Waals surface area contributed by atoms with Crippen molar-refractivity contribution in [3.8, 4) is 5.75 Å². The number of aromatic nitrogens is 3. The van der Waals surface area contributed by atoms with Gasteiger partial charge in [0.2, 0.25) is 5.95 Å². The number of nitrogens with one attached hydrogen (secondary N) is 3. The number of unbranched alkanes of at least 4 members (excludes halogenated alkanes) is 1. The number of benzene rings is 2. The van der Waals surface area contributed by atoms with E-state index in [0.29, 0.717) is 36.5 Å². The zero-order valence-electron chi connectivity index (χ0n) is 30.4. The molecule has 1 aliphatic heterocycles. The Labute approximate surface area is 313 Å². The van der Waals surface area contributed by atoms with Gasteiger partial charge in [0.1, 0.15) is 29.8 Å². The summed E-state index contributed by atoms with van der Waals surface area (Å²) < 4.78 is 67.8. The van der Waals surface area contributed by atoms with E-state index in [4.69, 9.17) is 24.3 Å². The number of halogens is 3. The van der Waals surface area contributed by atoms with Crippen LogP contribution >= 0.6 is 20.5 Å². The number of nitrogens with zero attached hydrogens (tertiary/aromatic N) is 3. The van der Waals surface area contributed by atoms with Gasteiger partial charge in [-0.05, 0) is 62.3 Å². The molecular weight excluding hydrogens is 730 g/mol. The molecule has 0 amide bonds. The van der Waals surface area contributed by atoms with Gasteiger partial charge in [0.15, 0.2) is 5.82 Å². The number of carbonyl (C=O) groups is 1. The molecule has 0 aliphatic carbocycles. The van der Waals surface area contributed by atoms with Crippen LogP contribution in [0.4, 0.5) is 24.9 Å².